The summed E-state index contributed by atoms with van der Waals surface area (Å²) in [6, 6.07) is 3.50. The predicted octanol–water partition coefficient (Wildman–Crippen LogP) is 3.49. The lowest BCUT2D eigenvalue weighted by molar-refractivity contribution is 0.394. The van der Waals surface area contributed by atoms with Crippen LogP contribution in [0.1, 0.15) is 24.5 Å². The number of benzene rings is 1. The van der Waals surface area contributed by atoms with Gasteiger partial charge in [-0.25, -0.2) is 0 Å². The molecule has 0 aliphatic heterocycles. The van der Waals surface area contributed by atoms with E-state index in [9.17, 15) is 9.59 Å². The Morgan fingerprint density at radius 3 is 2.35 bits per heavy atom. The van der Waals surface area contributed by atoms with Crippen LogP contribution in [-0.2, 0) is 6.54 Å². The first-order valence-corrected chi connectivity index (χ1v) is 8.30. The van der Waals surface area contributed by atoms with Crippen molar-refractivity contribution in [1.82, 2.24) is 4.48 Å². The molecule has 0 radical (unpaired) electrons. The van der Waals surface area contributed by atoms with Crippen molar-refractivity contribution in [2.75, 3.05) is 26.0 Å². The van der Waals surface area contributed by atoms with Crippen LogP contribution in [0.5, 0.6) is 0 Å². The summed E-state index contributed by atoms with van der Waals surface area (Å²) in [7, 11) is 3.87. The molecule has 0 unspecified atom stereocenters. The van der Waals surface area contributed by atoms with Crippen LogP contribution in [0.15, 0.2) is 21.7 Å². The Morgan fingerprint density at radius 2 is 1.78 bits per heavy atom. The lowest BCUT2D eigenvalue weighted by Crippen LogP contribution is -2.51. The molecule has 124 valence electrons. The Labute approximate surface area is 145 Å². The number of rotatable bonds is 6. The molecule has 0 fully saturated rings. The zero-order valence-corrected chi connectivity index (χ0v) is 15.3. The zero-order chi connectivity index (χ0) is 17.4. The Bertz CT molecular complexity index is 782. The number of nitrogens with one attached hydrogen (secondary N) is 1. The van der Waals surface area contributed by atoms with Crippen molar-refractivity contribution in [3.63, 3.8) is 0 Å². The summed E-state index contributed by atoms with van der Waals surface area (Å²) in [6.45, 7) is 5.14. The summed E-state index contributed by atoms with van der Waals surface area (Å²) in [4.78, 5) is 23.9. The second-order valence-electron chi connectivity index (χ2n) is 6.33. The van der Waals surface area contributed by atoms with Crippen molar-refractivity contribution in [3.05, 3.63) is 53.8 Å². The van der Waals surface area contributed by atoms with Gasteiger partial charge in [-0.3, -0.25) is 14.1 Å². The molecule has 0 heterocycles. The minimum absolute atomic E-state index is 0.381. The fourth-order valence-corrected chi connectivity index (χ4v) is 3.59. The second-order valence-corrected chi connectivity index (χ2v) is 7.17. The number of quaternary nitrogens is 1. The SMILES string of the molecule is CCC[N+](C)(C)c1c(NCc2c(C)cc(Cl)cc2Cl)c(=O)c1=O. The average Bonchev–Trinajstić information content (AvgIpc) is 2.43. The molecule has 0 atom stereocenters. The molecule has 0 bridgehead atoms. The normalized spacial score (nSPS) is 11.9. The Balaban J connectivity index is 2.28. The summed E-state index contributed by atoms with van der Waals surface area (Å²) < 4.78 is 0.400. The van der Waals surface area contributed by atoms with Crippen LogP contribution in [0.4, 0.5) is 11.4 Å². The van der Waals surface area contributed by atoms with Gasteiger partial charge in [0.05, 0.1) is 20.6 Å². The summed E-state index contributed by atoms with van der Waals surface area (Å²) in [5, 5.41) is 4.22. The third-order valence-electron chi connectivity index (χ3n) is 4.10. The molecule has 0 aliphatic carbocycles. The number of aryl methyl sites for hydroxylation is 1. The van der Waals surface area contributed by atoms with Crippen molar-refractivity contribution in [2.45, 2.75) is 26.8 Å². The van der Waals surface area contributed by atoms with Crippen molar-refractivity contribution in [3.8, 4) is 0 Å². The first kappa shape index (κ1) is 18.0. The Hall–Kier alpha value is -1.36. The molecule has 2 rings (SSSR count). The van der Waals surface area contributed by atoms with Gasteiger partial charge in [0.1, 0.15) is 0 Å². The van der Waals surface area contributed by atoms with Crippen molar-refractivity contribution in [2.24, 2.45) is 0 Å². The van der Waals surface area contributed by atoms with Crippen LogP contribution in [0, 0.1) is 6.92 Å². The molecule has 0 aliphatic rings. The lowest BCUT2D eigenvalue weighted by atomic mass is 10.1. The molecule has 0 saturated heterocycles. The van der Waals surface area contributed by atoms with Crippen molar-refractivity contribution in [1.29, 1.82) is 0 Å². The zero-order valence-electron chi connectivity index (χ0n) is 13.8. The highest BCUT2D eigenvalue weighted by atomic mass is 35.5. The van der Waals surface area contributed by atoms with Gasteiger partial charge in [0.2, 0.25) is 5.69 Å². The van der Waals surface area contributed by atoms with Crippen LogP contribution in [0.3, 0.4) is 0 Å². The second kappa shape index (κ2) is 6.63. The van der Waals surface area contributed by atoms with E-state index in [4.69, 9.17) is 23.2 Å². The number of anilines is 1. The maximum absolute atomic E-state index is 12.0. The van der Waals surface area contributed by atoms with Gasteiger partial charge >= 0.3 is 0 Å². The van der Waals surface area contributed by atoms with Crippen LogP contribution in [0.25, 0.3) is 0 Å². The molecular weight excluding hydrogens is 335 g/mol. The number of halogens is 2. The first-order valence-electron chi connectivity index (χ1n) is 7.54. The molecule has 0 aromatic heterocycles. The highest BCUT2D eigenvalue weighted by Crippen LogP contribution is 2.28. The highest BCUT2D eigenvalue weighted by molar-refractivity contribution is 6.35. The van der Waals surface area contributed by atoms with Gasteiger partial charge in [0.25, 0.3) is 10.9 Å². The smallest absolute Gasteiger partial charge is 0.290 e. The highest BCUT2D eigenvalue weighted by Gasteiger charge is 2.34. The first-order chi connectivity index (χ1) is 10.7. The van der Waals surface area contributed by atoms with E-state index < -0.39 is 10.9 Å². The van der Waals surface area contributed by atoms with E-state index in [1.165, 1.54) is 0 Å². The van der Waals surface area contributed by atoms with Gasteiger partial charge in [-0.15, -0.1) is 0 Å². The molecule has 2 aromatic carbocycles. The monoisotopic (exact) mass is 355 g/mol. The molecule has 0 amide bonds. The molecule has 2 aromatic rings. The van der Waals surface area contributed by atoms with Gasteiger partial charge in [0.15, 0.2) is 5.69 Å². The largest absolute Gasteiger partial charge is 0.373 e. The quantitative estimate of drug-likeness (QED) is 0.637. The minimum atomic E-state index is -0.454. The standard InChI is InChI=1S/C17H20Cl2N2O2/c1-5-6-21(3,4)15-14(16(22)17(15)23)20-9-12-10(2)7-11(18)8-13(12)19/h7-8H,5-6,9H2,1-4H3/p+1. The summed E-state index contributed by atoms with van der Waals surface area (Å²) in [5.41, 5.74) is 1.90. The fourth-order valence-electron chi connectivity index (χ4n) is 2.92. The topological polar surface area (TPSA) is 46.2 Å². The van der Waals surface area contributed by atoms with Crippen molar-refractivity contribution >= 4 is 34.6 Å². The van der Waals surface area contributed by atoms with Gasteiger partial charge in [0, 0.05) is 16.6 Å². The summed E-state index contributed by atoms with van der Waals surface area (Å²) >= 11 is 12.2. The van der Waals surface area contributed by atoms with E-state index in [2.05, 4.69) is 12.2 Å². The molecule has 1 N–H and O–H groups in total. The van der Waals surface area contributed by atoms with E-state index in [-0.39, 0.29) is 0 Å². The van der Waals surface area contributed by atoms with Gasteiger partial charge < -0.3 is 5.32 Å². The van der Waals surface area contributed by atoms with Crippen molar-refractivity contribution < 1.29 is 0 Å². The molecular formula is C17H21Cl2N2O2+. The minimum Gasteiger partial charge on any atom is -0.373 e. The van der Waals surface area contributed by atoms with Gasteiger partial charge in [-0.1, -0.05) is 30.1 Å². The average molecular weight is 356 g/mol. The van der Waals surface area contributed by atoms with E-state index in [0.29, 0.717) is 32.4 Å². The van der Waals surface area contributed by atoms with Crippen LogP contribution >= 0.6 is 23.2 Å². The van der Waals surface area contributed by atoms with E-state index in [0.717, 1.165) is 24.1 Å². The number of hydrogen-bond acceptors (Lipinski definition) is 3. The van der Waals surface area contributed by atoms with Crippen LogP contribution in [0.2, 0.25) is 10.0 Å². The molecule has 6 heteroatoms. The predicted molar refractivity (Wildman–Crippen MR) is 98.7 cm³/mol. The van der Waals surface area contributed by atoms with E-state index in [1.54, 1.807) is 6.07 Å². The fraction of sp³-hybridized carbons (Fsp3) is 0.412. The summed E-state index contributed by atoms with van der Waals surface area (Å²) in [6.07, 6.45) is 0.924. The molecule has 0 spiro atoms. The maximum atomic E-state index is 12.0. The van der Waals surface area contributed by atoms with Gasteiger partial charge in [-0.2, -0.15) is 0 Å². The van der Waals surface area contributed by atoms with Crippen LogP contribution in [-0.4, -0.2) is 20.6 Å². The Kier molecular flexibility index (Phi) is 5.19. The molecule has 23 heavy (non-hydrogen) atoms. The lowest BCUT2D eigenvalue weighted by Gasteiger charge is -2.31. The van der Waals surface area contributed by atoms with Gasteiger partial charge in [-0.05, 0) is 36.6 Å². The van der Waals surface area contributed by atoms with E-state index >= 15 is 0 Å². The number of nitrogens with zero attached hydrogens (tertiary/aromatic N) is 1. The van der Waals surface area contributed by atoms with Crippen LogP contribution < -0.4 is 20.7 Å². The number of hydrogen-bond donors (Lipinski definition) is 1. The maximum Gasteiger partial charge on any atom is 0.290 e. The third-order valence-corrected chi connectivity index (χ3v) is 4.65. The van der Waals surface area contributed by atoms with E-state index in [1.807, 2.05) is 27.1 Å². The third kappa shape index (κ3) is 3.44. The molecule has 0 saturated carbocycles. The Morgan fingerprint density at radius 1 is 1.13 bits per heavy atom. The summed E-state index contributed by atoms with van der Waals surface area (Å²) in [5.74, 6) is 0. The molecule has 4 nitrogen and oxygen atoms in total.